The number of anilines is 1. The summed E-state index contributed by atoms with van der Waals surface area (Å²) in [6.07, 6.45) is -2.55. The van der Waals surface area contributed by atoms with E-state index in [1.54, 1.807) is 0 Å². The molecule has 6 heteroatoms. The van der Waals surface area contributed by atoms with E-state index in [-0.39, 0.29) is 15.9 Å². The van der Waals surface area contributed by atoms with Gasteiger partial charge in [-0.3, -0.25) is 0 Å². The summed E-state index contributed by atoms with van der Waals surface area (Å²) in [6.45, 7) is 0. The molecule has 0 radical (unpaired) electrons. The highest BCUT2D eigenvalue weighted by molar-refractivity contribution is 14.1. The molecular formula is C6H4BrF2IN2. The first-order chi connectivity index (χ1) is 5.52. The lowest BCUT2D eigenvalue weighted by atomic mass is 10.3. The van der Waals surface area contributed by atoms with Gasteiger partial charge in [0, 0.05) is 0 Å². The number of hydrogen-bond donors (Lipinski definition) is 1. The van der Waals surface area contributed by atoms with Gasteiger partial charge < -0.3 is 5.73 Å². The average Bonchev–Trinajstić information content (AvgIpc) is 1.96. The average molecular weight is 349 g/mol. The summed E-state index contributed by atoms with van der Waals surface area (Å²) in [4.78, 5) is 3.79. The molecule has 66 valence electrons. The van der Waals surface area contributed by atoms with Gasteiger partial charge in [-0.25, -0.2) is 13.8 Å². The van der Waals surface area contributed by atoms with Crippen molar-refractivity contribution in [3.63, 3.8) is 0 Å². The summed E-state index contributed by atoms with van der Waals surface area (Å²) in [7, 11) is 0. The molecule has 0 aliphatic rings. The van der Waals surface area contributed by atoms with Crippen molar-refractivity contribution in [2.75, 3.05) is 5.73 Å². The van der Waals surface area contributed by atoms with E-state index in [1.165, 1.54) is 6.07 Å². The lowest BCUT2D eigenvalue weighted by Gasteiger charge is -2.04. The van der Waals surface area contributed by atoms with Crippen molar-refractivity contribution < 1.29 is 8.78 Å². The standard InChI is InChI=1S/C6H4BrF2IN2/c7-4-2(5(8)9)1-3(11)6(10)12-4/h1,5H,11H2. The Morgan fingerprint density at radius 3 is 2.67 bits per heavy atom. The third-order valence-corrected chi connectivity index (χ3v) is 2.72. The Balaban J connectivity index is 3.23. The third-order valence-electron chi connectivity index (χ3n) is 1.22. The molecule has 0 bridgehead atoms. The Morgan fingerprint density at radius 2 is 2.17 bits per heavy atom. The van der Waals surface area contributed by atoms with Gasteiger partial charge in [0.1, 0.15) is 8.30 Å². The molecule has 0 saturated heterocycles. The third kappa shape index (κ3) is 2.03. The Kier molecular flexibility index (Phi) is 3.22. The zero-order valence-corrected chi connectivity index (χ0v) is 9.43. The zero-order chi connectivity index (χ0) is 9.30. The normalized spacial score (nSPS) is 10.8. The second-order valence-corrected chi connectivity index (χ2v) is 3.82. The molecular weight excluding hydrogens is 345 g/mol. The van der Waals surface area contributed by atoms with E-state index in [0.29, 0.717) is 3.70 Å². The molecule has 0 aliphatic carbocycles. The topological polar surface area (TPSA) is 38.9 Å². The number of rotatable bonds is 1. The van der Waals surface area contributed by atoms with Crippen molar-refractivity contribution in [3.05, 3.63) is 19.9 Å². The number of alkyl halides is 2. The van der Waals surface area contributed by atoms with Gasteiger partial charge in [-0.2, -0.15) is 0 Å². The van der Waals surface area contributed by atoms with Gasteiger partial charge in [0.05, 0.1) is 11.3 Å². The number of nitrogen functional groups attached to an aromatic ring is 1. The van der Waals surface area contributed by atoms with E-state index in [9.17, 15) is 8.78 Å². The number of hydrogen-bond acceptors (Lipinski definition) is 2. The van der Waals surface area contributed by atoms with Gasteiger partial charge in [-0.1, -0.05) is 0 Å². The minimum absolute atomic E-state index is 0.149. The fourth-order valence-corrected chi connectivity index (χ4v) is 1.85. The molecule has 1 rings (SSSR count). The Morgan fingerprint density at radius 1 is 1.58 bits per heavy atom. The number of aromatic nitrogens is 1. The molecule has 0 fully saturated rings. The van der Waals surface area contributed by atoms with Crippen LogP contribution >= 0.6 is 38.5 Å². The number of nitrogens with zero attached hydrogens (tertiary/aromatic N) is 1. The second kappa shape index (κ2) is 3.82. The number of halogens is 4. The van der Waals surface area contributed by atoms with Gasteiger partial charge >= 0.3 is 0 Å². The molecule has 1 heterocycles. The van der Waals surface area contributed by atoms with Crippen LogP contribution in [0.15, 0.2) is 10.7 Å². The Labute approximate surface area is 89.8 Å². The van der Waals surface area contributed by atoms with E-state index in [4.69, 9.17) is 5.73 Å². The second-order valence-electron chi connectivity index (χ2n) is 2.05. The fraction of sp³-hybridized carbons (Fsp3) is 0.167. The first kappa shape index (κ1) is 10.1. The molecule has 0 atom stereocenters. The monoisotopic (exact) mass is 348 g/mol. The zero-order valence-electron chi connectivity index (χ0n) is 5.69. The minimum Gasteiger partial charge on any atom is -0.397 e. The maximum atomic E-state index is 12.2. The molecule has 0 spiro atoms. The largest absolute Gasteiger partial charge is 0.397 e. The maximum absolute atomic E-state index is 12.2. The van der Waals surface area contributed by atoms with Crippen LogP contribution in [-0.4, -0.2) is 4.98 Å². The highest BCUT2D eigenvalue weighted by atomic mass is 127. The molecule has 1 aromatic rings. The fourth-order valence-electron chi connectivity index (χ4n) is 0.655. The lowest BCUT2D eigenvalue weighted by molar-refractivity contribution is 0.150. The number of pyridine rings is 1. The van der Waals surface area contributed by atoms with Gasteiger partial charge in [-0.15, -0.1) is 0 Å². The predicted molar refractivity (Wildman–Crippen MR) is 54.0 cm³/mol. The van der Waals surface area contributed by atoms with Crippen LogP contribution in [0, 0.1) is 3.70 Å². The van der Waals surface area contributed by atoms with E-state index in [0.717, 1.165) is 0 Å². The summed E-state index contributed by atoms with van der Waals surface area (Å²) in [5.41, 5.74) is 5.50. The number of nitrogens with two attached hydrogens (primary N) is 1. The van der Waals surface area contributed by atoms with E-state index >= 15 is 0 Å². The van der Waals surface area contributed by atoms with E-state index in [2.05, 4.69) is 20.9 Å². The molecule has 0 unspecified atom stereocenters. The maximum Gasteiger partial charge on any atom is 0.266 e. The van der Waals surface area contributed by atoms with Crippen molar-refractivity contribution >= 4 is 44.2 Å². The van der Waals surface area contributed by atoms with Crippen LogP contribution in [0.4, 0.5) is 14.5 Å². The summed E-state index contributed by atoms with van der Waals surface area (Å²) >= 11 is 4.81. The first-order valence-electron chi connectivity index (χ1n) is 2.92. The molecule has 2 nitrogen and oxygen atoms in total. The summed E-state index contributed by atoms with van der Waals surface area (Å²) < 4.78 is 25.1. The van der Waals surface area contributed by atoms with Gasteiger partial charge in [0.25, 0.3) is 6.43 Å². The molecule has 0 aromatic carbocycles. The van der Waals surface area contributed by atoms with Crippen molar-refractivity contribution in [2.45, 2.75) is 6.43 Å². The van der Waals surface area contributed by atoms with Gasteiger partial charge in [-0.05, 0) is 44.6 Å². The molecule has 2 N–H and O–H groups in total. The molecule has 12 heavy (non-hydrogen) atoms. The molecule has 1 aromatic heterocycles. The van der Waals surface area contributed by atoms with Crippen LogP contribution in [0.2, 0.25) is 0 Å². The Hall–Kier alpha value is 0.0200. The van der Waals surface area contributed by atoms with Crippen molar-refractivity contribution in [2.24, 2.45) is 0 Å². The highest BCUT2D eigenvalue weighted by Gasteiger charge is 2.14. The smallest absolute Gasteiger partial charge is 0.266 e. The molecule has 0 saturated carbocycles. The lowest BCUT2D eigenvalue weighted by Crippen LogP contribution is -1.98. The van der Waals surface area contributed by atoms with Crippen LogP contribution in [0.25, 0.3) is 0 Å². The minimum atomic E-state index is -2.55. The van der Waals surface area contributed by atoms with Gasteiger partial charge in [0.2, 0.25) is 0 Å². The molecule has 0 aliphatic heterocycles. The summed E-state index contributed by atoms with van der Waals surface area (Å²) in [5, 5.41) is 0. The van der Waals surface area contributed by atoms with Crippen LogP contribution < -0.4 is 5.73 Å². The van der Waals surface area contributed by atoms with Gasteiger partial charge in [0.15, 0.2) is 0 Å². The first-order valence-corrected chi connectivity index (χ1v) is 4.79. The van der Waals surface area contributed by atoms with Crippen LogP contribution in [0.5, 0.6) is 0 Å². The quantitative estimate of drug-likeness (QED) is 0.626. The van der Waals surface area contributed by atoms with Crippen LogP contribution in [0.3, 0.4) is 0 Å². The Bertz CT molecular complexity index is 306. The predicted octanol–water partition coefficient (Wildman–Crippen LogP) is 2.97. The van der Waals surface area contributed by atoms with Crippen LogP contribution in [-0.2, 0) is 0 Å². The SMILES string of the molecule is Nc1cc(C(F)F)c(Br)nc1I. The van der Waals surface area contributed by atoms with E-state index < -0.39 is 6.43 Å². The van der Waals surface area contributed by atoms with Crippen molar-refractivity contribution in [3.8, 4) is 0 Å². The van der Waals surface area contributed by atoms with Crippen molar-refractivity contribution in [1.82, 2.24) is 4.98 Å². The summed E-state index contributed by atoms with van der Waals surface area (Å²) in [5.74, 6) is 0. The van der Waals surface area contributed by atoms with Crippen LogP contribution in [0.1, 0.15) is 12.0 Å². The highest BCUT2D eigenvalue weighted by Crippen LogP contribution is 2.29. The summed E-state index contributed by atoms with van der Waals surface area (Å²) in [6, 6.07) is 1.23. The molecule has 0 amide bonds. The van der Waals surface area contributed by atoms with Crippen molar-refractivity contribution in [1.29, 1.82) is 0 Å². The van der Waals surface area contributed by atoms with E-state index in [1.807, 2.05) is 22.6 Å².